The van der Waals surface area contributed by atoms with Gasteiger partial charge in [-0.15, -0.1) is 0 Å². The molecule has 4 nitrogen and oxygen atoms in total. The van der Waals surface area contributed by atoms with Gasteiger partial charge in [-0.2, -0.15) is 0 Å². The van der Waals surface area contributed by atoms with Crippen LogP contribution in [0.3, 0.4) is 0 Å². The number of para-hydroxylation sites is 1. The lowest BCUT2D eigenvalue weighted by Crippen LogP contribution is -3.11. The van der Waals surface area contributed by atoms with E-state index in [2.05, 4.69) is 16.0 Å². The zero-order chi connectivity index (χ0) is 15.5. The minimum absolute atomic E-state index is 0.138. The molecular weight excluding hydrogens is 281 g/mol. The number of carbonyl (C=O) groups excluding carboxylic acids is 1. The van der Waals surface area contributed by atoms with Crippen LogP contribution < -0.4 is 10.2 Å². The predicted molar refractivity (Wildman–Crippen MR) is 83.1 cm³/mol. The zero-order valence-corrected chi connectivity index (χ0v) is 12.7. The molecule has 0 aliphatic carbocycles. The smallest absolute Gasteiger partial charge is 0.279 e. The molecule has 1 amide bonds. The van der Waals surface area contributed by atoms with Crippen LogP contribution in [0.25, 0.3) is 0 Å². The number of aromatic nitrogens is 1. The summed E-state index contributed by atoms with van der Waals surface area (Å²) in [5.74, 6) is -0.535. The van der Waals surface area contributed by atoms with Gasteiger partial charge in [0.15, 0.2) is 6.54 Å². The van der Waals surface area contributed by atoms with Crippen molar-refractivity contribution in [1.82, 2.24) is 4.57 Å². The first-order chi connectivity index (χ1) is 10.6. The van der Waals surface area contributed by atoms with E-state index < -0.39 is 5.82 Å². The average Bonchev–Trinajstić information content (AvgIpc) is 3.10. The Labute approximate surface area is 129 Å². The van der Waals surface area contributed by atoms with Crippen molar-refractivity contribution in [2.45, 2.75) is 18.9 Å². The van der Waals surface area contributed by atoms with Crippen molar-refractivity contribution in [2.75, 3.05) is 18.4 Å². The monoisotopic (exact) mass is 302 g/mol. The summed E-state index contributed by atoms with van der Waals surface area (Å²) in [4.78, 5) is 13.5. The molecule has 2 aromatic rings. The SMILES string of the molecule is Cn1cccc1[C@H]1CCC[NH+]1CC(=O)Nc1ccccc1F. The van der Waals surface area contributed by atoms with E-state index in [0.29, 0.717) is 12.6 Å². The maximum Gasteiger partial charge on any atom is 0.279 e. The van der Waals surface area contributed by atoms with Crippen molar-refractivity contribution < 1.29 is 14.1 Å². The Bertz CT molecular complexity index is 667. The van der Waals surface area contributed by atoms with Gasteiger partial charge in [0.1, 0.15) is 11.9 Å². The van der Waals surface area contributed by atoms with E-state index in [0.717, 1.165) is 19.4 Å². The van der Waals surface area contributed by atoms with Gasteiger partial charge in [-0.1, -0.05) is 12.1 Å². The van der Waals surface area contributed by atoms with Crippen LogP contribution in [0.4, 0.5) is 10.1 Å². The van der Waals surface area contributed by atoms with Gasteiger partial charge in [-0.25, -0.2) is 4.39 Å². The van der Waals surface area contributed by atoms with Crippen LogP contribution in [-0.4, -0.2) is 23.6 Å². The third kappa shape index (κ3) is 3.04. The van der Waals surface area contributed by atoms with Crippen molar-refractivity contribution in [3.05, 3.63) is 54.1 Å². The molecule has 116 valence electrons. The Hall–Kier alpha value is -2.14. The number of nitrogens with zero attached hydrogens (tertiary/aromatic N) is 1. The van der Waals surface area contributed by atoms with Crippen LogP contribution in [0.2, 0.25) is 0 Å². The topological polar surface area (TPSA) is 38.5 Å². The van der Waals surface area contributed by atoms with Gasteiger partial charge >= 0.3 is 0 Å². The Balaban J connectivity index is 1.66. The van der Waals surface area contributed by atoms with Crippen LogP contribution in [0.15, 0.2) is 42.6 Å². The largest absolute Gasteiger partial charge is 0.350 e. The van der Waals surface area contributed by atoms with E-state index in [1.807, 2.05) is 19.3 Å². The first-order valence-corrected chi connectivity index (χ1v) is 7.65. The van der Waals surface area contributed by atoms with Crippen LogP contribution >= 0.6 is 0 Å². The summed E-state index contributed by atoms with van der Waals surface area (Å²) in [6.07, 6.45) is 4.23. The van der Waals surface area contributed by atoms with Crippen LogP contribution in [0, 0.1) is 5.82 Å². The quantitative estimate of drug-likeness (QED) is 0.883. The minimum Gasteiger partial charge on any atom is -0.350 e. The lowest BCUT2D eigenvalue weighted by molar-refractivity contribution is -0.910. The molecule has 1 aromatic heterocycles. The van der Waals surface area contributed by atoms with E-state index in [-0.39, 0.29) is 11.6 Å². The second kappa shape index (κ2) is 6.32. The Kier molecular flexibility index (Phi) is 4.24. The lowest BCUT2D eigenvalue weighted by atomic mass is 10.1. The van der Waals surface area contributed by atoms with Gasteiger partial charge in [0.2, 0.25) is 0 Å². The number of aryl methyl sites for hydroxylation is 1. The van der Waals surface area contributed by atoms with E-state index in [1.165, 1.54) is 16.7 Å². The number of anilines is 1. The fourth-order valence-corrected chi connectivity index (χ4v) is 3.28. The zero-order valence-electron chi connectivity index (χ0n) is 12.7. The van der Waals surface area contributed by atoms with Gasteiger partial charge in [-0.05, 0) is 24.3 Å². The second-order valence-electron chi connectivity index (χ2n) is 5.85. The third-order valence-electron chi connectivity index (χ3n) is 4.36. The molecule has 1 aliphatic rings. The third-order valence-corrected chi connectivity index (χ3v) is 4.36. The molecule has 0 spiro atoms. The van der Waals surface area contributed by atoms with Crippen molar-refractivity contribution in [3.8, 4) is 0 Å². The number of quaternary nitrogens is 1. The molecule has 5 heteroatoms. The van der Waals surface area contributed by atoms with E-state index in [4.69, 9.17) is 0 Å². The number of carbonyl (C=O) groups is 1. The van der Waals surface area contributed by atoms with Gasteiger partial charge in [0, 0.05) is 26.1 Å². The van der Waals surface area contributed by atoms with Crippen LogP contribution in [0.5, 0.6) is 0 Å². The average molecular weight is 302 g/mol. The van der Waals surface area contributed by atoms with Crippen molar-refractivity contribution in [1.29, 1.82) is 0 Å². The number of halogens is 1. The molecule has 0 bridgehead atoms. The van der Waals surface area contributed by atoms with E-state index >= 15 is 0 Å². The molecule has 2 atom stereocenters. The van der Waals surface area contributed by atoms with E-state index in [1.54, 1.807) is 18.2 Å². The first kappa shape index (κ1) is 14.8. The fraction of sp³-hybridized carbons (Fsp3) is 0.353. The lowest BCUT2D eigenvalue weighted by Gasteiger charge is -2.21. The highest BCUT2D eigenvalue weighted by molar-refractivity contribution is 5.91. The van der Waals surface area contributed by atoms with Crippen LogP contribution in [-0.2, 0) is 11.8 Å². The molecule has 0 saturated carbocycles. The Morgan fingerprint density at radius 3 is 2.91 bits per heavy atom. The fourth-order valence-electron chi connectivity index (χ4n) is 3.28. The normalized spacial score (nSPS) is 21.0. The number of benzene rings is 1. The maximum atomic E-state index is 13.6. The highest BCUT2D eigenvalue weighted by Crippen LogP contribution is 2.19. The number of amides is 1. The van der Waals surface area contributed by atoms with Crippen molar-refractivity contribution >= 4 is 11.6 Å². The summed E-state index contributed by atoms with van der Waals surface area (Å²) < 4.78 is 15.7. The number of likely N-dealkylation sites (tertiary alicyclic amines) is 1. The summed E-state index contributed by atoms with van der Waals surface area (Å²) in [5, 5.41) is 2.68. The number of rotatable bonds is 4. The molecule has 22 heavy (non-hydrogen) atoms. The summed E-state index contributed by atoms with van der Waals surface area (Å²) in [6, 6.07) is 10.8. The highest BCUT2D eigenvalue weighted by atomic mass is 19.1. The summed E-state index contributed by atoms with van der Waals surface area (Å²) in [6.45, 7) is 1.34. The summed E-state index contributed by atoms with van der Waals surface area (Å²) in [7, 11) is 2.03. The van der Waals surface area contributed by atoms with Crippen molar-refractivity contribution in [3.63, 3.8) is 0 Å². The van der Waals surface area contributed by atoms with Crippen LogP contribution in [0.1, 0.15) is 24.6 Å². The molecule has 1 saturated heterocycles. The Morgan fingerprint density at radius 2 is 2.18 bits per heavy atom. The van der Waals surface area contributed by atoms with Gasteiger partial charge in [0.25, 0.3) is 5.91 Å². The molecule has 2 heterocycles. The molecule has 1 aliphatic heterocycles. The second-order valence-corrected chi connectivity index (χ2v) is 5.85. The highest BCUT2D eigenvalue weighted by Gasteiger charge is 2.33. The number of hydrogen-bond donors (Lipinski definition) is 2. The number of nitrogens with one attached hydrogen (secondary N) is 2. The standard InChI is InChI=1S/C17H20FN3O/c1-20-10-4-8-15(20)16-9-5-11-21(16)12-17(22)19-14-7-3-2-6-13(14)18/h2-4,6-8,10,16H,5,9,11-12H2,1H3,(H,19,22)/p+1/t16-/m1/s1. The molecule has 1 fully saturated rings. The summed E-state index contributed by atoms with van der Waals surface area (Å²) in [5.41, 5.74) is 1.51. The minimum atomic E-state index is -0.397. The molecule has 1 aromatic carbocycles. The van der Waals surface area contributed by atoms with Gasteiger partial charge in [0.05, 0.1) is 17.9 Å². The van der Waals surface area contributed by atoms with Gasteiger partial charge in [-0.3, -0.25) is 4.79 Å². The number of hydrogen-bond acceptors (Lipinski definition) is 1. The molecule has 1 unspecified atom stereocenters. The molecule has 2 N–H and O–H groups in total. The van der Waals surface area contributed by atoms with Gasteiger partial charge < -0.3 is 14.8 Å². The Morgan fingerprint density at radius 1 is 1.36 bits per heavy atom. The van der Waals surface area contributed by atoms with Crippen molar-refractivity contribution in [2.24, 2.45) is 7.05 Å². The summed E-state index contributed by atoms with van der Waals surface area (Å²) >= 11 is 0. The first-order valence-electron chi connectivity index (χ1n) is 7.65. The molecular formula is C17H21FN3O+. The molecule has 3 rings (SSSR count). The predicted octanol–water partition coefficient (Wildman–Crippen LogP) is 1.52. The maximum absolute atomic E-state index is 13.6. The van der Waals surface area contributed by atoms with E-state index in [9.17, 15) is 9.18 Å². The molecule has 0 radical (unpaired) electrons.